The third-order valence-electron chi connectivity index (χ3n) is 4.16. The van der Waals surface area contributed by atoms with Crippen molar-refractivity contribution in [1.29, 1.82) is 0 Å². The summed E-state index contributed by atoms with van der Waals surface area (Å²) in [5.74, 6) is 0.304. The van der Waals surface area contributed by atoms with Gasteiger partial charge in [-0.05, 0) is 25.7 Å². The second kappa shape index (κ2) is 5.69. The van der Waals surface area contributed by atoms with Gasteiger partial charge in [-0.2, -0.15) is 0 Å². The lowest BCUT2D eigenvalue weighted by Crippen LogP contribution is -2.46. The number of hydrogen-bond donors (Lipinski definition) is 1. The molecule has 1 atom stereocenters. The van der Waals surface area contributed by atoms with Crippen molar-refractivity contribution in [3.63, 3.8) is 0 Å². The molecule has 2 saturated heterocycles. The molecule has 5 heteroatoms. The minimum Gasteiger partial charge on any atom is -0.394 e. The van der Waals surface area contributed by atoms with Crippen LogP contribution in [0.15, 0.2) is 0 Å². The molecule has 1 unspecified atom stereocenters. The van der Waals surface area contributed by atoms with Gasteiger partial charge in [0, 0.05) is 32.5 Å². The van der Waals surface area contributed by atoms with E-state index in [-0.39, 0.29) is 30.4 Å². The van der Waals surface area contributed by atoms with Crippen LogP contribution in [0.1, 0.15) is 32.6 Å². The number of nitrogens with zero attached hydrogens (tertiary/aromatic N) is 2. The number of hydrogen-bond acceptors (Lipinski definition) is 3. The third-order valence-corrected chi connectivity index (χ3v) is 4.16. The predicted octanol–water partition coefficient (Wildman–Crippen LogP) is 0.228. The Bertz CT molecular complexity index is 324. The van der Waals surface area contributed by atoms with Gasteiger partial charge in [0.15, 0.2) is 0 Å². The molecule has 0 aromatic rings. The molecule has 2 heterocycles. The Morgan fingerprint density at radius 3 is 2.39 bits per heavy atom. The summed E-state index contributed by atoms with van der Waals surface area (Å²) in [6.45, 7) is 3.78. The molecular formula is C13H22N2O3. The van der Waals surface area contributed by atoms with Crippen LogP contribution in [0.5, 0.6) is 0 Å². The average molecular weight is 254 g/mol. The van der Waals surface area contributed by atoms with Crippen molar-refractivity contribution in [3.05, 3.63) is 0 Å². The molecule has 0 radical (unpaired) electrons. The zero-order chi connectivity index (χ0) is 13.1. The molecule has 0 aliphatic carbocycles. The number of likely N-dealkylation sites (tertiary alicyclic amines) is 2. The molecule has 1 N–H and O–H groups in total. The fourth-order valence-corrected chi connectivity index (χ4v) is 2.99. The fraction of sp³-hybridized carbons (Fsp3) is 0.846. The highest BCUT2D eigenvalue weighted by molar-refractivity contribution is 5.80. The van der Waals surface area contributed by atoms with Gasteiger partial charge in [-0.1, -0.05) is 0 Å². The van der Waals surface area contributed by atoms with E-state index in [0.717, 1.165) is 32.2 Å². The molecular weight excluding hydrogens is 232 g/mol. The van der Waals surface area contributed by atoms with Crippen molar-refractivity contribution in [1.82, 2.24) is 9.80 Å². The van der Waals surface area contributed by atoms with Crippen LogP contribution in [0.2, 0.25) is 0 Å². The summed E-state index contributed by atoms with van der Waals surface area (Å²) in [7, 11) is 0. The van der Waals surface area contributed by atoms with Crippen molar-refractivity contribution < 1.29 is 14.7 Å². The van der Waals surface area contributed by atoms with E-state index >= 15 is 0 Å². The minimum atomic E-state index is 0.0170. The van der Waals surface area contributed by atoms with Gasteiger partial charge < -0.3 is 14.9 Å². The van der Waals surface area contributed by atoms with Gasteiger partial charge in [-0.25, -0.2) is 0 Å². The Morgan fingerprint density at radius 1 is 1.17 bits per heavy atom. The first-order valence-corrected chi connectivity index (χ1v) is 6.80. The Hall–Kier alpha value is -1.10. The number of piperidine rings is 1. The van der Waals surface area contributed by atoms with E-state index in [1.165, 1.54) is 0 Å². The third kappa shape index (κ3) is 2.66. The molecule has 18 heavy (non-hydrogen) atoms. The Kier molecular flexibility index (Phi) is 4.22. The first-order chi connectivity index (χ1) is 8.63. The molecule has 2 aliphatic heterocycles. The lowest BCUT2D eigenvalue weighted by molar-refractivity contribution is -0.141. The molecule has 0 aromatic carbocycles. The maximum absolute atomic E-state index is 12.4. The molecule has 102 valence electrons. The van der Waals surface area contributed by atoms with Crippen molar-refractivity contribution in [2.75, 3.05) is 26.2 Å². The number of aliphatic hydroxyl groups excluding tert-OH is 1. The largest absolute Gasteiger partial charge is 0.394 e. The first kappa shape index (κ1) is 13.3. The Balaban J connectivity index is 1.89. The predicted molar refractivity (Wildman–Crippen MR) is 66.8 cm³/mol. The summed E-state index contributed by atoms with van der Waals surface area (Å²) in [5.41, 5.74) is 0. The van der Waals surface area contributed by atoms with Gasteiger partial charge in [0.2, 0.25) is 11.8 Å². The van der Waals surface area contributed by atoms with Gasteiger partial charge >= 0.3 is 0 Å². The van der Waals surface area contributed by atoms with E-state index < -0.39 is 0 Å². The molecule has 0 saturated carbocycles. The van der Waals surface area contributed by atoms with E-state index in [0.29, 0.717) is 13.1 Å². The molecule has 0 bridgehead atoms. The highest BCUT2D eigenvalue weighted by atomic mass is 16.3. The molecule has 0 spiro atoms. The maximum Gasteiger partial charge on any atom is 0.226 e. The van der Waals surface area contributed by atoms with Crippen LogP contribution in [0.4, 0.5) is 0 Å². The van der Waals surface area contributed by atoms with E-state index in [1.54, 1.807) is 11.8 Å². The first-order valence-electron chi connectivity index (χ1n) is 6.80. The number of rotatable bonds is 2. The number of carbonyl (C=O) groups excluding carboxylic acids is 2. The van der Waals surface area contributed by atoms with Crippen molar-refractivity contribution in [2.45, 2.75) is 38.6 Å². The topological polar surface area (TPSA) is 60.9 Å². The second-order valence-corrected chi connectivity index (χ2v) is 5.29. The van der Waals surface area contributed by atoms with Crippen LogP contribution >= 0.6 is 0 Å². The molecule has 0 aromatic heterocycles. The van der Waals surface area contributed by atoms with Gasteiger partial charge in [-0.15, -0.1) is 0 Å². The average Bonchev–Trinajstić information content (AvgIpc) is 2.86. The van der Waals surface area contributed by atoms with Gasteiger partial charge in [0.1, 0.15) is 0 Å². The van der Waals surface area contributed by atoms with Gasteiger partial charge in [0.05, 0.1) is 12.6 Å². The van der Waals surface area contributed by atoms with Crippen LogP contribution in [-0.2, 0) is 9.59 Å². The maximum atomic E-state index is 12.4. The normalized spacial score (nSPS) is 25.6. The zero-order valence-electron chi connectivity index (χ0n) is 11.0. The monoisotopic (exact) mass is 254 g/mol. The SMILES string of the molecule is CC(=O)N1CCC(C(=O)N2CCCC2CO)CC1. The quantitative estimate of drug-likeness (QED) is 0.767. The molecule has 2 aliphatic rings. The van der Waals surface area contributed by atoms with Crippen molar-refractivity contribution in [3.8, 4) is 0 Å². The Morgan fingerprint density at radius 2 is 1.83 bits per heavy atom. The van der Waals surface area contributed by atoms with Gasteiger partial charge in [-0.3, -0.25) is 9.59 Å². The number of aliphatic hydroxyl groups is 1. The molecule has 5 nitrogen and oxygen atoms in total. The van der Waals surface area contributed by atoms with Crippen molar-refractivity contribution in [2.24, 2.45) is 5.92 Å². The van der Waals surface area contributed by atoms with E-state index in [9.17, 15) is 14.7 Å². The summed E-state index contributed by atoms with van der Waals surface area (Å²) in [4.78, 5) is 27.2. The van der Waals surface area contributed by atoms with E-state index in [2.05, 4.69) is 0 Å². The molecule has 2 rings (SSSR count). The molecule has 2 amide bonds. The number of carbonyl (C=O) groups is 2. The Labute approximate surface area is 108 Å². The zero-order valence-corrected chi connectivity index (χ0v) is 11.0. The highest BCUT2D eigenvalue weighted by Gasteiger charge is 2.34. The summed E-state index contributed by atoms with van der Waals surface area (Å²) in [6, 6.07) is 0.0170. The highest BCUT2D eigenvalue weighted by Crippen LogP contribution is 2.25. The van der Waals surface area contributed by atoms with Crippen LogP contribution in [0.25, 0.3) is 0 Å². The fourth-order valence-electron chi connectivity index (χ4n) is 2.99. The standard InChI is InChI=1S/C13H22N2O3/c1-10(17)14-7-4-11(5-8-14)13(18)15-6-2-3-12(15)9-16/h11-12,16H,2-9H2,1H3. The number of amides is 2. The smallest absolute Gasteiger partial charge is 0.226 e. The second-order valence-electron chi connectivity index (χ2n) is 5.29. The van der Waals surface area contributed by atoms with Crippen LogP contribution in [0.3, 0.4) is 0 Å². The lowest BCUT2D eigenvalue weighted by Gasteiger charge is -2.34. The minimum absolute atomic E-state index is 0.0170. The summed E-state index contributed by atoms with van der Waals surface area (Å²) in [6.07, 6.45) is 3.41. The molecule has 2 fully saturated rings. The van der Waals surface area contributed by atoms with Crippen LogP contribution in [0, 0.1) is 5.92 Å². The lowest BCUT2D eigenvalue weighted by atomic mass is 9.95. The van der Waals surface area contributed by atoms with Crippen LogP contribution in [-0.4, -0.2) is 59.0 Å². The summed E-state index contributed by atoms with van der Waals surface area (Å²) >= 11 is 0. The van der Waals surface area contributed by atoms with Crippen LogP contribution < -0.4 is 0 Å². The van der Waals surface area contributed by atoms with E-state index in [4.69, 9.17) is 0 Å². The summed E-state index contributed by atoms with van der Waals surface area (Å²) in [5, 5.41) is 9.25. The summed E-state index contributed by atoms with van der Waals surface area (Å²) < 4.78 is 0. The van der Waals surface area contributed by atoms with E-state index in [1.807, 2.05) is 4.90 Å². The van der Waals surface area contributed by atoms with Gasteiger partial charge in [0.25, 0.3) is 0 Å². The van der Waals surface area contributed by atoms with Crippen molar-refractivity contribution >= 4 is 11.8 Å².